The van der Waals surface area contributed by atoms with Crippen molar-refractivity contribution in [1.29, 1.82) is 0 Å². The first-order valence-electron chi connectivity index (χ1n) is 21.7. The minimum Gasteiger partial charge on any atom is -0.453 e. The molecule has 2 aromatic heterocycles. The number of alkyl carbamates (subject to hydrolysis) is 2. The molecule has 2 aliphatic carbocycles. The molecule has 14 heteroatoms. The molecular formula is C48H56N8O6. The molecule has 4 fully saturated rings. The SMILES string of the molecule is COC(=O)N[C@H](C(=O)N1[C@H](c2ncc(-c3ccc(-c4ccc5cc(-c6cnc([C@@H]7C[C@@]8(C)C[C@H]8N7C(=O)[C@@H](NC(=O)OC)C(C)C)[nH]6)ccc5c4)cc3)[nH]2)C[C@@]2(C)C[C@@H]12)C(C)C. The number of nitrogens with zero attached hydrogens (tertiary/aromatic N) is 4. The maximum Gasteiger partial charge on any atom is 0.407 e. The highest BCUT2D eigenvalue weighted by Crippen LogP contribution is 2.64. The highest BCUT2D eigenvalue weighted by atomic mass is 16.5. The number of hydrogen-bond donors (Lipinski definition) is 4. The number of aromatic nitrogens is 4. The molecule has 0 spiro atoms. The topological polar surface area (TPSA) is 175 Å². The summed E-state index contributed by atoms with van der Waals surface area (Å²) in [4.78, 5) is 72.7. The van der Waals surface area contributed by atoms with Crippen molar-refractivity contribution in [2.45, 2.75) is 103 Å². The van der Waals surface area contributed by atoms with Gasteiger partial charge in [0, 0.05) is 17.6 Å². The van der Waals surface area contributed by atoms with Gasteiger partial charge in [0.15, 0.2) is 0 Å². The van der Waals surface area contributed by atoms with Crippen molar-refractivity contribution in [1.82, 2.24) is 40.4 Å². The van der Waals surface area contributed by atoms with E-state index in [1.54, 1.807) is 0 Å². The van der Waals surface area contributed by atoms with Gasteiger partial charge in [0.05, 0.1) is 50.1 Å². The molecule has 3 aromatic carbocycles. The van der Waals surface area contributed by atoms with Crippen molar-refractivity contribution in [3.63, 3.8) is 0 Å². The van der Waals surface area contributed by atoms with Crippen LogP contribution in [0.5, 0.6) is 0 Å². The molecule has 4 N–H and O–H groups in total. The molecule has 0 unspecified atom stereocenters. The number of piperidine rings is 2. The second-order valence-corrected chi connectivity index (χ2v) is 19.1. The van der Waals surface area contributed by atoms with Crippen LogP contribution in [0, 0.1) is 22.7 Å². The van der Waals surface area contributed by atoms with E-state index in [2.05, 4.69) is 95.1 Å². The minimum atomic E-state index is -0.693. The van der Waals surface area contributed by atoms with Gasteiger partial charge in [-0.2, -0.15) is 0 Å². The van der Waals surface area contributed by atoms with Gasteiger partial charge in [-0.1, -0.05) is 90.1 Å². The lowest BCUT2D eigenvalue weighted by Gasteiger charge is -2.31. The average Bonchev–Trinajstić information content (AvgIpc) is 3.70. The standard InChI is InChI=1S/C48H56N8O6/c1-25(2)39(53-45(59)61-7)43(57)55-35(19-47(5)21-37(47)55)41-49-23-33(51-41)28-11-9-27(10-12-28)29-13-14-31-18-32(16-15-30(31)17-29)34-24-50-42(52-34)36-20-48(6)22-38(48)56(36)44(58)40(26(3)4)54-46(60)62-8/h9-18,23-26,35-40H,19-22H2,1-8H3,(H,49,51)(H,50,52)(H,53,59)(H,54,60)/t35-,36-,37+,38+,39-,40-,47-,48-/m0/s1. The predicted molar refractivity (Wildman–Crippen MR) is 234 cm³/mol. The van der Waals surface area contributed by atoms with Gasteiger partial charge in [0.2, 0.25) is 11.8 Å². The number of fused-ring (bicyclic) bond motifs is 3. The third kappa shape index (κ3) is 7.26. The molecule has 0 radical (unpaired) electrons. The van der Waals surface area contributed by atoms with Gasteiger partial charge in [-0.15, -0.1) is 0 Å². The zero-order valence-corrected chi connectivity index (χ0v) is 36.6. The molecule has 324 valence electrons. The first kappa shape index (κ1) is 41.2. The fourth-order valence-electron chi connectivity index (χ4n) is 10.1. The van der Waals surface area contributed by atoms with Crippen LogP contribution in [0.15, 0.2) is 73.1 Å². The monoisotopic (exact) mass is 840 g/mol. The normalized spacial score (nSPS) is 25.6. The van der Waals surface area contributed by atoms with Crippen LogP contribution in [0.1, 0.15) is 91.0 Å². The van der Waals surface area contributed by atoms with E-state index < -0.39 is 24.3 Å². The fraction of sp³-hybridized carbons (Fsp3) is 0.458. The maximum atomic E-state index is 14.0. The third-order valence-corrected chi connectivity index (χ3v) is 14.1. The van der Waals surface area contributed by atoms with Crippen LogP contribution in [0.4, 0.5) is 9.59 Å². The van der Waals surface area contributed by atoms with Crippen LogP contribution in [-0.4, -0.2) is 92.1 Å². The Labute approximate surface area is 361 Å². The number of ether oxygens (including phenoxy) is 2. The van der Waals surface area contributed by atoms with E-state index in [0.717, 1.165) is 81.7 Å². The van der Waals surface area contributed by atoms with E-state index in [1.165, 1.54) is 14.2 Å². The van der Waals surface area contributed by atoms with E-state index in [-0.39, 0.29) is 58.6 Å². The van der Waals surface area contributed by atoms with Gasteiger partial charge >= 0.3 is 12.2 Å². The second kappa shape index (κ2) is 15.3. The largest absolute Gasteiger partial charge is 0.453 e. The van der Waals surface area contributed by atoms with Crippen LogP contribution in [0.25, 0.3) is 44.4 Å². The van der Waals surface area contributed by atoms with Crippen LogP contribution in [0.2, 0.25) is 0 Å². The van der Waals surface area contributed by atoms with Gasteiger partial charge in [0.25, 0.3) is 0 Å². The number of imidazole rings is 2. The Kier molecular flexibility index (Phi) is 10.2. The van der Waals surface area contributed by atoms with Crippen LogP contribution in [0.3, 0.4) is 0 Å². The summed E-state index contributed by atoms with van der Waals surface area (Å²) in [6.07, 6.45) is 5.95. The Bertz CT molecular complexity index is 2560. The summed E-state index contributed by atoms with van der Waals surface area (Å²) in [6.45, 7) is 12.1. The molecule has 2 aliphatic heterocycles. The number of hydrogen-bond acceptors (Lipinski definition) is 8. The average molecular weight is 841 g/mol. The maximum absolute atomic E-state index is 14.0. The predicted octanol–water partition coefficient (Wildman–Crippen LogP) is 8.15. The lowest BCUT2D eigenvalue weighted by atomic mass is 9.98. The summed E-state index contributed by atoms with van der Waals surface area (Å²) < 4.78 is 9.65. The van der Waals surface area contributed by atoms with Crippen molar-refractivity contribution in [2.24, 2.45) is 22.7 Å². The molecule has 4 amide bonds. The molecule has 8 atom stereocenters. The summed E-state index contributed by atoms with van der Waals surface area (Å²) in [7, 11) is 2.61. The molecular weight excluding hydrogens is 785 g/mol. The molecule has 0 bridgehead atoms. The van der Waals surface area contributed by atoms with Crippen LogP contribution < -0.4 is 10.6 Å². The van der Waals surface area contributed by atoms with E-state index in [4.69, 9.17) is 19.4 Å². The molecule has 4 heterocycles. The molecule has 62 heavy (non-hydrogen) atoms. The van der Waals surface area contributed by atoms with Crippen molar-refractivity contribution >= 4 is 34.8 Å². The number of nitrogens with one attached hydrogen (secondary N) is 4. The first-order valence-corrected chi connectivity index (χ1v) is 21.7. The van der Waals surface area contributed by atoms with Gasteiger partial charge in [-0.25, -0.2) is 19.6 Å². The number of carbonyl (C=O) groups excluding carboxylic acids is 4. The number of methoxy groups -OCH3 is 2. The summed E-state index contributed by atoms with van der Waals surface area (Å²) in [6, 6.07) is 19.6. The van der Waals surface area contributed by atoms with Gasteiger partial charge in [-0.05, 0) is 87.9 Å². The first-order chi connectivity index (χ1) is 29.6. The lowest BCUT2D eigenvalue weighted by Crippen LogP contribution is -2.52. The quantitative estimate of drug-likeness (QED) is 0.103. The van der Waals surface area contributed by atoms with E-state index in [0.29, 0.717) is 0 Å². The summed E-state index contributed by atoms with van der Waals surface area (Å²) in [5.41, 5.74) is 6.00. The molecule has 4 aliphatic rings. The molecule has 9 rings (SSSR count). The Balaban J connectivity index is 0.892. The van der Waals surface area contributed by atoms with Crippen molar-refractivity contribution in [3.8, 4) is 33.6 Å². The molecule has 2 saturated carbocycles. The Morgan fingerprint density at radius 2 is 1.02 bits per heavy atom. The molecule has 5 aromatic rings. The van der Waals surface area contributed by atoms with Gasteiger partial charge < -0.3 is 39.9 Å². The third-order valence-electron chi connectivity index (χ3n) is 14.1. The van der Waals surface area contributed by atoms with Crippen molar-refractivity contribution in [3.05, 3.63) is 84.7 Å². The minimum absolute atomic E-state index is 0.0358. The van der Waals surface area contributed by atoms with E-state index >= 15 is 0 Å². The zero-order chi connectivity index (χ0) is 43.8. The lowest BCUT2D eigenvalue weighted by molar-refractivity contribution is -0.137. The Hall–Kier alpha value is -6.18. The fourth-order valence-corrected chi connectivity index (χ4v) is 10.1. The molecule has 14 nitrogen and oxygen atoms in total. The number of benzene rings is 3. The highest BCUT2D eigenvalue weighted by Gasteiger charge is 2.65. The number of rotatable bonds is 11. The smallest absolute Gasteiger partial charge is 0.407 e. The summed E-state index contributed by atoms with van der Waals surface area (Å²) in [5, 5.41) is 7.71. The van der Waals surface area contributed by atoms with Crippen LogP contribution in [-0.2, 0) is 19.1 Å². The number of likely N-dealkylation sites (tertiary alicyclic amines) is 2. The van der Waals surface area contributed by atoms with Gasteiger partial charge in [0.1, 0.15) is 23.7 Å². The van der Waals surface area contributed by atoms with Gasteiger partial charge in [-0.3, -0.25) is 9.59 Å². The van der Waals surface area contributed by atoms with Crippen LogP contribution >= 0.6 is 0 Å². The van der Waals surface area contributed by atoms with Crippen molar-refractivity contribution < 1.29 is 28.7 Å². The number of H-pyrrole nitrogens is 2. The number of carbonyl (C=O) groups is 4. The van der Waals surface area contributed by atoms with E-state index in [9.17, 15) is 19.2 Å². The summed E-state index contributed by atoms with van der Waals surface area (Å²) in [5.74, 6) is 1.07. The molecule has 2 saturated heterocycles. The Morgan fingerprint density at radius 3 is 1.47 bits per heavy atom. The zero-order valence-electron chi connectivity index (χ0n) is 36.6. The number of aromatic amines is 2. The summed E-state index contributed by atoms with van der Waals surface area (Å²) >= 11 is 0. The Morgan fingerprint density at radius 1 is 0.613 bits per heavy atom. The van der Waals surface area contributed by atoms with Crippen molar-refractivity contribution in [2.75, 3.05) is 14.2 Å². The van der Waals surface area contributed by atoms with E-state index in [1.807, 2.05) is 49.9 Å². The number of amides is 4. The highest BCUT2D eigenvalue weighted by molar-refractivity contribution is 5.91. The second-order valence-electron chi connectivity index (χ2n) is 19.1.